The van der Waals surface area contributed by atoms with Crippen LogP contribution in [0.2, 0.25) is 0 Å². The van der Waals surface area contributed by atoms with Gasteiger partial charge < -0.3 is 10.1 Å². The molecular weight excluding hydrogens is 249 g/mol. The number of aryl methyl sites for hydroxylation is 1. The van der Waals surface area contributed by atoms with Crippen molar-refractivity contribution in [2.24, 2.45) is 0 Å². The Balaban J connectivity index is 2.51. The smallest absolute Gasteiger partial charge is 0.132 e. The van der Waals surface area contributed by atoms with Crippen LogP contribution >= 0.6 is 11.3 Å². The Labute approximate surface area is 110 Å². The van der Waals surface area contributed by atoms with Crippen LogP contribution in [-0.4, -0.2) is 14.2 Å². The van der Waals surface area contributed by atoms with Gasteiger partial charge in [0.1, 0.15) is 11.6 Å². The van der Waals surface area contributed by atoms with Gasteiger partial charge in [-0.2, -0.15) is 0 Å². The third-order valence-corrected chi connectivity index (χ3v) is 3.92. The normalized spacial score (nSPS) is 12.4. The molecule has 0 aliphatic carbocycles. The molecule has 0 fully saturated rings. The number of methoxy groups -OCH3 is 1. The summed E-state index contributed by atoms with van der Waals surface area (Å²) in [5.41, 5.74) is 0.560. The van der Waals surface area contributed by atoms with Crippen molar-refractivity contribution in [3.63, 3.8) is 0 Å². The van der Waals surface area contributed by atoms with E-state index in [1.165, 1.54) is 10.9 Å². The first-order valence-electron chi connectivity index (χ1n) is 5.73. The third kappa shape index (κ3) is 2.40. The maximum Gasteiger partial charge on any atom is 0.132 e. The number of nitrogens with one attached hydrogen (secondary N) is 1. The summed E-state index contributed by atoms with van der Waals surface area (Å²) in [6.45, 7) is 2.04. The number of ether oxygens (including phenoxy) is 1. The Hall–Kier alpha value is -1.39. The average Bonchev–Trinajstić information content (AvgIpc) is 2.78. The van der Waals surface area contributed by atoms with E-state index in [0.29, 0.717) is 11.3 Å². The van der Waals surface area contributed by atoms with Gasteiger partial charge in [0.25, 0.3) is 0 Å². The highest BCUT2D eigenvalue weighted by Gasteiger charge is 2.21. The van der Waals surface area contributed by atoms with Crippen LogP contribution in [0.25, 0.3) is 0 Å². The minimum absolute atomic E-state index is 0.181. The van der Waals surface area contributed by atoms with Crippen molar-refractivity contribution in [3.05, 3.63) is 51.5 Å². The third-order valence-electron chi connectivity index (χ3n) is 2.86. The molecule has 2 rings (SSSR count). The van der Waals surface area contributed by atoms with Crippen LogP contribution in [0.1, 0.15) is 21.4 Å². The summed E-state index contributed by atoms with van der Waals surface area (Å²) in [5.74, 6) is 0.320. The van der Waals surface area contributed by atoms with E-state index in [-0.39, 0.29) is 11.9 Å². The highest BCUT2D eigenvalue weighted by molar-refractivity contribution is 7.12. The largest absolute Gasteiger partial charge is 0.496 e. The van der Waals surface area contributed by atoms with Crippen molar-refractivity contribution in [3.8, 4) is 5.75 Å². The van der Waals surface area contributed by atoms with Crippen LogP contribution in [0, 0.1) is 12.7 Å². The van der Waals surface area contributed by atoms with Crippen molar-refractivity contribution in [1.82, 2.24) is 5.32 Å². The van der Waals surface area contributed by atoms with Crippen LogP contribution in [-0.2, 0) is 0 Å². The molecule has 18 heavy (non-hydrogen) atoms. The van der Waals surface area contributed by atoms with Crippen molar-refractivity contribution in [1.29, 1.82) is 0 Å². The molecule has 1 aromatic carbocycles. The Morgan fingerprint density at radius 3 is 2.61 bits per heavy atom. The van der Waals surface area contributed by atoms with E-state index in [2.05, 4.69) is 5.32 Å². The molecule has 1 atom stereocenters. The minimum atomic E-state index is -0.250. The maximum atomic E-state index is 14.1. The Morgan fingerprint density at radius 2 is 2.06 bits per heavy atom. The van der Waals surface area contributed by atoms with E-state index < -0.39 is 0 Å². The second-order valence-electron chi connectivity index (χ2n) is 4.03. The van der Waals surface area contributed by atoms with Crippen molar-refractivity contribution < 1.29 is 9.13 Å². The maximum absolute atomic E-state index is 14.1. The molecule has 0 aliphatic rings. The van der Waals surface area contributed by atoms with Crippen LogP contribution < -0.4 is 10.1 Å². The standard InChI is InChI=1S/C14H16FNOS/c1-9-7-8-12(18-9)14(16-2)13-10(15)5-4-6-11(13)17-3/h4-8,14,16H,1-3H3. The zero-order valence-corrected chi connectivity index (χ0v) is 11.5. The molecular formula is C14H16FNOS. The van der Waals surface area contributed by atoms with Gasteiger partial charge in [-0.1, -0.05) is 6.07 Å². The quantitative estimate of drug-likeness (QED) is 0.913. The summed E-state index contributed by atoms with van der Waals surface area (Å²) >= 11 is 1.66. The van der Waals surface area contributed by atoms with Crippen LogP contribution in [0.4, 0.5) is 4.39 Å². The second kappa shape index (κ2) is 5.50. The molecule has 0 bridgehead atoms. The second-order valence-corrected chi connectivity index (χ2v) is 5.35. The molecule has 0 amide bonds. The molecule has 0 radical (unpaired) electrons. The molecule has 1 unspecified atom stereocenters. The summed E-state index contributed by atoms with van der Waals surface area (Å²) in [6.07, 6.45) is 0. The van der Waals surface area contributed by atoms with Crippen LogP contribution in [0.15, 0.2) is 30.3 Å². The molecule has 4 heteroatoms. The van der Waals surface area contributed by atoms with E-state index in [1.54, 1.807) is 30.6 Å². The first-order chi connectivity index (χ1) is 8.67. The number of hydrogen-bond acceptors (Lipinski definition) is 3. The fourth-order valence-electron chi connectivity index (χ4n) is 2.01. The Kier molecular flexibility index (Phi) is 3.99. The molecule has 0 saturated carbocycles. The van der Waals surface area contributed by atoms with Gasteiger partial charge in [0, 0.05) is 9.75 Å². The van der Waals surface area contributed by atoms with E-state index in [1.807, 2.05) is 26.1 Å². The minimum Gasteiger partial charge on any atom is -0.496 e. The van der Waals surface area contributed by atoms with Crippen molar-refractivity contribution in [2.45, 2.75) is 13.0 Å². The zero-order valence-electron chi connectivity index (χ0n) is 10.7. The van der Waals surface area contributed by atoms with Gasteiger partial charge in [0.05, 0.1) is 18.7 Å². The van der Waals surface area contributed by atoms with Crippen LogP contribution in [0.3, 0.4) is 0 Å². The highest BCUT2D eigenvalue weighted by atomic mass is 32.1. The molecule has 2 aromatic rings. The van der Waals surface area contributed by atoms with Gasteiger partial charge in [-0.15, -0.1) is 11.3 Å². The SMILES string of the molecule is CNC(c1ccc(C)s1)c1c(F)cccc1OC. The molecule has 1 heterocycles. The Morgan fingerprint density at radius 1 is 1.28 bits per heavy atom. The monoisotopic (exact) mass is 265 g/mol. The number of thiophene rings is 1. The molecule has 2 nitrogen and oxygen atoms in total. The van der Waals surface area contributed by atoms with Gasteiger partial charge in [0.15, 0.2) is 0 Å². The van der Waals surface area contributed by atoms with E-state index >= 15 is 0 Å². The first-order valence-corrected chi connectivity index (χ1v) is 6.55. The fourth-order valence-corrected chi connectivity index (χ4v) is 3.01. The predicted octanol–water partition coefficient (Wildman–Crippen LogP) is 3.51. The summed E-state index contributed by atoms with van der Waals surface area (Å²) in [5, 5.41) is 3.15. The lowest BCUT2D eigenvalue weighted by molar-refractivity contribution is 0.399. The van der Waals surface area contributed by atoms with Gasteiger partial charge in [-0.3, -0.25) is 0 Å². The van der Waals surface area contributed by atoms with E-state index in [9.17, 15) is 4.39 Å². The predicted molar refractivity (Wildman–Crippen MR) is 72.9 cm³/mol. The summed E-state index contributed by atoms with van der Waals surface area (Å²) < 4.78 is 19.3. The van der Waals surface area contributed by atoms with Crippen molar-refractivity contribution in [2.75, 3.05) is 14.2 Å². The van der Waals surface area contributed by atoms with Crippen molar-refractivity contribution >= 4 is 11.3 Å². The van der Waals surface area contributed by atoms with Crippen LogP contribution in [0.5, 0.6) is 5.75 Å². The van der Waals surface area contributed by atoms with E-state index in [4.69, 9.17) is 4.74 Å². The Bertz CT molecular complexity index is 538. The van der Waals surface area contributed by atoms with Gasteiger partial charge in [0.2, 0.25) is 0 Å². The lowest BCUT2D eigenvalue weighted by Gasteiger charge is -2.18. The first kappa shape index (κ1) is 13.1. The van der Waals surface area contributed by atoms with Gasteiger partial charge in [-0.25, -0.2) is 4.39 Å². The highest BCUT2D eigenvalue weighted by Crippen LogP contribution is 2.34. The summed E-state index contributed by atoms with van der Waals surface area (Å²) in [6, 6.07) is 8.78. The molecule has 1 aromatic heterocycles. The number of hydrogen-bond donors (Lipinski definition) is 1. The van der Waals surface area contributed by atoms with Gasteiger partial charge >= 0.3 is 0 Å². The summed E-state index contributed by atoms with van der Waals surface area (Å²) in [4.78, 5) is 2.29. The molecule has 0 saturated heterocycles. The molecule has 0 aliphatic heterocycles. The molecule has 96 valence electrons. The number of halogens is 1. The molecule has 0 spiro atoms. The number of benzene rings is 1. The topological polar surface area (TPSA) is 21.3 Å². The van der Waals surface area contributed by atoms with E-state index in [0.717, 1.165) is 4.88 Å². The zero-order chi connectivity index (χ0) is 13.1. The summed E-state index contributed by atoms with van der Waals surface area (Å²) in [7, 11) is 3.39. The number of rotatable bonds is 4. The molecule has 1 N–H and O–H groups in total. The lowest BCUT2D eigenvalue weighted by Crippen LogP contribution is -2.18. The fraction of sp³-hybridized carbons (Fsp3) is 0.286. The van der Waals surface area contributed by atoms with Gasteiger partial charge in [-0.05, 0) is 38.2 Å². The lowest BCUT2D eigenvalue weighted by atomic mass is 10.0. The average molecular weight is 265 g/mol.